The first-order valence-electron chi connectivity index (χ1n) is 9.60. The first-order valence-corrected chi connectivity index (χ1v) is 9.60. The maximum absolute atomic E-state index is 13.5. The Morgan fingerprint density at radius 3 is 2.20 bits per heavy atom. The van der Waals surface area contributed by atoms with Crippen LogP contribution in [0, 0.1) is 35.6 Å². The molecule has 2 aliphatic rings. The molecule has 2 saturated carbocycles. The lowest BCUT2D eigenvalue weighted by Gasteiger charge is -2.37. The zero-order valence-corrected chi connectivity index (χ0v) is 14.8. The summed E-state index contributed by atoms with van der Waals surface area (Å²) in [6.07, 6.45) is 10.3. The van der Waals surface area contributed by atoms with Crippen LogP contribution in [-0.2, 0) is 4.79 Å². The molecule has 2 fully saturated rings. The van der Waals surface area contributed by atoms with Gasteiger partial charge < -0.3 is 4.74 Å². The number of hydrogen-bond acceptors (Lipinski definition) is 3. The molecule has 0 atom stereocenters. The van der Waals surface area contributed by atoms with Gasteiger partial charge >= 0.3 is 5.97 Å². The molecule has 0 N–H and O–H groups in total. The molecule has 0 unspecified atom stereocenters. The van der Waals surface area contributed by atoms with Gasteiger partial charge in [-0.2, -0.15) is 13.8 Å². The van der Waals surface area contributed by atoms with E-state index in [0.717, 1.165) is 49.7 Å². The van der Waals surface area contributed by atoms with Gasteiger partial charge in [-0.1, -0.05) is 26.2 Å². The van der Waals surface area contributed by atoms with Crippen molar-refractivity contribution in [2.75, 3.05) is 0 Å². The Labute approximate surface area is 148 Å². The lowest BCUT2D eigenvalue weighted by atomic mass is 9.69. The van der Waals surface area contributed by atoms with E-state index in [2.05, 4.69) is 11.9 Å². The van der Waals surface area contributed by atoms with Gasteiger partial charge in [0, 0.05) is 0 Å². The van der Waals surface area contributed by atoms with Gasteiger partial charge in [0.1, 0.15) is 0 Å². The monoisotopic (exact) mass is 351 g/mol. The van der Waals surface area contributed by atoms with E-state index in [1.165, 1.54) is 32.1 Å². The van der Waals surface area contributed by atoms with Crippen LogP contribution < -0.4 is 4.74 Å². The molecule has 3 nitrogen and oxygen atoms in total. The van der Waals surface area contributed by atoms with Crippen LogP contribution in [-0.4, -0.2) is 11.0 Å². The summed E-state index contributed by atoms with van der Waals surface area (Å²) in [5.41, 5.74) is 0. The molecule has 25 heavy (non-hydrogen) atoms. The zero-order valence-electron chi connectivity index (χ0n) is 14.8. The summed E-state index contributed by atoms with van der Waals surface area (Å²) >= 11 is 0. The molecule has 0 aliphatic heterocycles. The highest BCUT2D eigenvalue weighted by atomic mass is 19.1. The standard InChI is InChI=1S/C20H27F2NO2/c1-2-13-3-5-14(6-4-13)15-7-9-16(10-8-15)20(24)25-17-11-12-18(21)23-19(17)22/h11-16H,2-10H2,1H3. The second-order valence-electron chi connectivity index (χ2n) is 7.64. The van der Waals surface area contributed by atoms with E-state index >= 15 is 0 Å². The molecule has 0 aromatic carbocycles. The molecule has 5 heteroatoms. The molecule has 1 aromatic heterocycles. The molecule has 1 heterocycles. The van der Waals surface area contributed by atoms with Crippen molar-refractivity contribution < 1.29 is 18.3 Å². The van der Waals surface area contributed by atoms with Crippen molar-refractivity contribution in [3.8, 4) is 5.75 Å². The number of rotatable bonds is 4. The highest BCUT2D eigenvalue weighted by molar-refractivity contribution is 5.75. The fourth-order valence-corrected chi connectivity index (χ4v) is 4.56. The average Bonchev–Trinajstić information content (AvgIpc) is 2.64. The molecule has 0 radical (unpaired) electrons. The minimum atomic E-state index is -1.07. The summed E-state index contributed by atoms with van der Waals surface area (Å²) in [5.74, 6) is -0.462. The van der Waals surface area contributed by atoms with Crippen LogP contribution in [0.5, 0.6) is 5.75 Å². The van der Waals surface area contributed by atoms with Crippen LogP contribution in [0.2, 0.25) is 0 Å². The van der Waals surface area contributed by atoms with Crippen LogP contribution in [0.15, 0.2) is 12.1 Å². The Balaban J connectivity index is 1.48. The summed E-state index contributed by atoms with van der Waals surface area (Å²) < 4.78 is 31.4. The second kappa shape index (κ2) is 8.24. The Hall–Kier alpha value is -1.52. The molecule has 0 amide bonds. The largest absolute Gasteiger partial charge is 0.421 e. The molecule has 2 aliphatic carbocycles. The highest BCUT2D eigenvalue weighted by Gasteiger charge is 2.33. The molecule has 1 aromatic rings. The summed E-state index contributed by atoms with van der Waals surface area (Å²) in [6, 6.07) is 2.11. The third-order valence-electron chi connectivity index (χ3n) is 6.23. The van der Waals surface area contributed by atoms with E-state index < -0.39 is 17.9 Å². The van der Waals surface area contributed by atoms with E-state index in [-0.39, 0.29) is 11.7 Å². The zero-order chi connectivity index (χ0) is 17.8. The minimum Gasteiger partial charge on any atom is -0.421 e. The number of hydrogen-bond donors (Lipinski definition) is 0. The molecule has 0 saturated heterocycles. The van der Waals surface area contributed by atoms with Crippen molar-refractivity contribution in [3.63, 3.8) is 0 Å². The Bertz CT molecular complexity index is 591. The SMILES string of the molecule is CCC1CCC(C2CCC(C(=O)Oc3ccc(F)nc3F)CC2)CC1. The molecular weight excluding hydrogens is 324 g/mol. The average molecular weight is 351 g/mol. The maximum atomic E-state index is 13.5. The number of aromatic nitrogens is 1. The minimum absolute atomic E-state index is 0.187. The second-order valence-corrected chi connectivity index (χ2v) is 7.64. The molecule has 0 spiro atoms. The Kier molecular flexibility index (Phi) is 6.02. The first-order chi connectivity index (χ1) is 12.1. The van der Waals surface area contributed by atoms with Crippen molar-refractivity contribution in [1.29, 1.82) is 0 Å². The highest BCUT2D eigenvalue weighted by Crippen LogP contribution is 2.42. The number of ether oxygens (including phenoxy) is 1. The predicted octanol–water partition coefficient (Wildman–Crippen LogP) is 5.29. The van der Waals surface area contributed by atoms with Gasteiger partial charge in [-0.25, -0.2) is 0 Å². The lowest BCUT2D eigenvalue weighted by molar-refractivity contribution is -0.140. The van der Waals surface area contributed by atoms with E-state index in [1.807, 2.05) is 0 Å². The number of pyridine rings is 1. The van der Waals surface area contributed by atoms with E-state index in [4.69, 9.17) is 4.74 Å². The molecule has 138 valence electrons. The third kappa shape index (κ3) is 4.56. The summed E-state index contributed by atoms with van der Waals surface area (Å²) in [5, 5.41) is 0. The lowest BCUT2D eigenvalue weighted by Crippen LogP contribution is -2.30. The first kappa shape index (κ1) is 18.3. The van der Waals surface area contributed by atoms with Crippen molar-refractivity contribution in [2.24, 2.45) is 23.7 Å². The Morgan fingerprint density at radius 1 is 1.04 bits per heavy atom. The van der Waals surface area contributed by atoms with Gasteiger partial charge in [0.2, 0.25) is 5.95 Å². The topological polar surface area (TPSA) is 39.2 Å². The predicted molar refractivity (Wildman–Crippen MR) is 91.0 cm³/mol. The van der Waals surface area contributed by atoms with Crippen molar-refractivity contribution in [2.45, 2.75) is 64.7 Å². The van der Waals surface area contributed by atoms with Crippen LogP contribution in [0.3, 0.4) is 0 Å². The van der Waals surface area contributed by atoms with E-state index in [9.17, 15) is 13.6 Å². The van der Waals surface area contributed by atoms with Gasteiger partial charge in [0.15, 0.2) is 5.75 Å². The van der Waals surface area contributed by atoms with Crippen LogP contribution in [0.4, 0.5) is 8.78 Å². The number of carbonyl (C=O) groups is 1. The smallest absolute Gasteiger partial charge is 0.314 e. The van der Waals surface area contributed by atoms with Gasteiger partial charge in [-0.3, -0.25) is 4.79 Å². The van der Waals surface area contributed by atoms with Crippen LogP contribution in [0.1, 0.15) is 64.7 Å². The van der Waals surface area contributed by atoms with Gasteiger partial charge in [-0.15, -0.1) is 0 Å². The maximum Gasteiger partial charge on any atom is 0.314 e. The van der Waals surface area contributed by atoms with Gasteiger partial charge in [-0.05, 0) is 68.4 Å². The number of esters is 1. The van der Waals surface area contributed by atoms with Crippen molar-refractivity contribution in [3.05, 3.63) is 24.0 Å². The quantitative estimate of drug-likeness (QED) is 0.547. The molecule has 3 rings (SSSR count). The summed E-state index contributed by atoms with van der Waals surface area (Å²) in [6.45, 7) is 2.28. The fourth-order valence-electron chi connectivity index (χ4n) is 4.56. The number of nitrogens with zero attached hydrogens (tertiary/aromatic N) is 1. The third-order valence-corrected chi connectivity index (χ3v) is 6.23. The number of halogens is 2. The van der Waals surface area contributed by atoms with Gasteiger partial charge in [0.25, 0.3) is 5.95 Å². The van der Waals surface area contributed by atoms with Crippen LogP contribution in [0.25, 0.3) is 0 Å². The van der Waals surface area contributed by atoms with E-state index in [0.29, 0.717) is 5.92 Å². The van der Waals surface area contributed by atoms with E-state index in [1.54, 1.807) is 0 Å². The van der Waals surface area contributed by atoms with Crippen LogP contribution >= 0.6 is 0 Å². The van der Waals surface area contributed by atoms with Crippen molar-refractivity contribution in [1.82, 2.24) is 4.98 Å². The fraction of sp³-hybridized carbons (Fsp3) is 0.700. The molecule has 0 bridgehead atoms. The Morgan fingerprint density at radius 2 is 1.64 bits per heavy atom. The molecular formula is C20H27F2NO2. The summed E-state index contributed by atoms with van der Waals surface area (Å²) in [4.78, 5) is 15.3. The van der Waals surface area contributed by atoms with Crippen molar-refractivity contribution >= 4 is 5.97 Å². The summed E-state index contributed by atoms with van der Waals surface area (Å²) in [7, 11) is 0. The number of carbonyl (C=O) groups excluding carboxylic acids is 1. The van der Waals surface area contributed by atoms with Gasteiger partial charge in [0.05, 0.1) is 5.92 Å². The normalized spacial score (nSPS) is 30.0.